The van der Waals surface area contributed by atoms with Gasteiger partial charge in [-0.15, -0.1) is 0 Å². The van der Waals surface area contributed by atoms with Crippen LogP contribution < -0.4 is 17.0 Å². The largest absolute Gasteiger partial charge is 0.481 e. The average molecular weight is 289 g/mol. The number of nitrogens with one attached hydrogen (secondary N) is 1. The average Bonchev–Trinajstić information content (AvgIpc) is 2.68. The first kappa shape index (κ1) is 17.9. The summed E-state index contributed by atoms with van der Waals surface area (Å²) in [5, 5.41) is 18.6. The first-order valence-electron chi connectivity index (χ1n) is 5.86. The van der Waals surface area contributed by atoms with Gasteiger partial charge in [-0.2, -0.15) is 5.16 Å². The number of carbonyl (C=O) groups is 2. The molecule has 20 heavy (non-hydrogen) atoms. The molecule has 0 fully saturated rings. The predicted molar refractivity (Wildman–Crippen MR) is 69.3 cm³/mol. The summed E-state index contributed by atoms with van der Waals surface area (Å²) in [4.78, 5) is 31.1. The third kappa shape index (κ3) is 6.71. The number of aromatic amines is 1. The van der Waals surface area contributed by atoms with Crippen molar-refractivity contribution in [2.24, 2.45) is 11.5 Å². The maximum atomic E-state index is 11.0. The van der Waals surface area contributed by atoms with Gasteiger partial charge in [0.25, 0.3) is 5.56 Å². The van der Waals surface area contributed by atoms with Crippen LogP contribution in [0.15, 0.2) is 9.32 Å². The standard InChI is InChI=1S/C7H10N2O4.C4H9NO2/c1-3-4(6(10)9-13-3)2-5(8)7(11)12;5-3-1-2-4(6)7/h5H,2,8H2,1H3,(H,9,10)(H,11,12);1-3,5H2,(H,6,7). The molecule has 0 bridgehead atoms. The second-order valence-electron chi connectivity index (χ2n) is 4.00. The molecule has 0 radical (unpaired) electrons. The summed E-state index contributed by atoms with van der Waals surface area (Å²) in [5.74, 6) is -1.54. The topological polar surface area (TPSA) is 173 Å². The lowest BCUT2D eigenvalue weighted by Crippen LogP contribution is -2.33. The molecule has 0 aliphatic carbocycles. The van der Waals surface area contributed by atoms with Gasteiger partial charge in [0.1, 0.15) is 11.8 Å². The van der Waals surface area contributed by atoms with Crippen LogP contribution >= 0.6 is 0 Å². The van der Waals surface area contributed by atoms with Crippen LogP contribution in [0.4, 0.5) is 0 Å². The summed E-state index contributed by atoms with van der Waals surface area (Å²) in [7, 11) is 0. The zero-order valence-electron chi connectivity index (χ0n) is 11.1. The maximum Gasteiger partial charge on any atom is 0.320 e. The van der Waals surface area contributed by atoms with Crippen LogP contribution in [-0.2, 0) is 16.0 Å². The van der Waals surface area contributed by atoms with Gasteiger partial charge in [-0.05, 0) is 19.9 Å². The Morgan fingerprint density at radius 1 is 1.40 bits per heavy atom. The Bertz CT molecular complexity index is 493. The van der Waals surface area contributed by atoms with E-state index in [-0.39, 0.29) is 18.4 Å². The highest BCUT2D eigenvalue weighted by Crippen LogP contribution is 2.03. The van der Waals surface area contributed by atoms with E-state index in [1.165, 1.54) is 0 Å². The van der Waals surface area contributed by atoms with Crippen molar-refractivity contribution in [3.63, 3.8) is 0 Å². The second-order valence-corrected chi connectivity index (χ2v) is 4.00. The molecule has 0 spiro atoms. The van der Waals surface area contributed by atoms with Crippen molar-refractivity contribution in [1.82, 2.24) is 5.16 Å². The van der Waals surface area contributed by atoms with Gasteiger partial charge in [-0.3, -0.25) is 14.4 Å². The smallest absolute Gasteiger partial charge is 0.320 e. The summed E-state index contributed by atoms with van der Waals surface area (Å²) in [6.07, 6.45) is 0.749. The quantitative estimate of drug-likeness (QED) is 0.445. The van der Waals surface area contributed by atoms with E-state index >= 15 is 0 Å². The Hall–Kier alpha value is -2.13. The number of H-pyrrole nitrogens is 1. The molecule has 9 heteroatoms. The molecule has 0 saturated heterocycles. The van der Waals surface area contributed by atoms with E-state index in [0.717, 1.165) is 0 Å². The van der Waals surface area contributed by atoms with Crippen LogP contribution in [0.3, 0.4) is 0 Å². The molecule has 0 amide bonds. The SMILES string of the molecule is Cc1o[nH]c(=O)c1CC(N)C(=O)O.NCCCC(=O)O. The van der Waals surface area contributed by atoms with E-state index in [1.807, 2.05) is 0 Å². The Morgan fingerprint density at radius 2 is 2.00 bits per heavy atom. The summed E-state index contributed by atoms with van der Waals surface area (Å²) in [6.45, 7) is 2.04. The fraction of sp³-hybridized carbons (Fsp3) is 0.545. The first-order chi connectivity index (χ1) is 9.29. The van der Waals surface area contributed by atoms with Crippen molar-refractivity contribution in [3.05, 3.63) is 21.7 Å². The normalized spacial score (nSPS) is 11.3. The number of aromatic nitrogens is 1. The van der Waals surface area contributed by atoms with Crippen molar-refractivity contribution in [1.29, 1.82) is 0 Å². The zero-order chi connectivity index (χ0) is 15.7. The molecule has 1 rings (SSSR count). The van der Waals surface area contributed by atoms with Gasteiger partial charge >= 0.3 is 11.9 Å². The molecular weight excluding hydrogens is 270 g/mol. The highest BCUT2D eigenvalue weighted by atomic mass is 16.5. The van der Waals surface area contributed by atoms with E-state index in [2.05, 4.69) is 9.68 Å². The Morgan fingerprint density at radius 3 is 2.30 bits per heavy atom. The predicted octanol–water partition coefficient (Wildman–Crippen LogP) is -0.959. The van der Waals surface area contributed by atoms with Crippen LogP contribution in [0.5, 0.6) is 0 Å². The Kier molecular flexibility index (Phi) is 7.94. The van der Waals surface area contributed by atoms with Crippen molar-refractivity contribution < 1.29 is 24.3 Å². The van der Waals surface area contributed by atoms with E-state index in [1.54, 1.807) is 6.92 Å². The molecule has 1 heterocycles. The maximum absolute atomic E-state index is 11.0. The molecule has 7 N–H and O–H groups in total. The van der Waals surface area contributed by atoms with Gasteiger partial charge < -0.3 is 26.2 Å². The number of nitrogens with two attached hydrogens (primary N) is 2. The molecule has 114 valence electrons. The monoisotopic (exact) mass is 289 g/mol. The van der Waals surface area contributed by atoms with Gasteiger partial charge in [0, 0.05) is 12.8 Å². The van der Waals surface area contributed by atoms with Gasteiger partial charge in [-0.1, -0.05) is 0 Å². The van der Waals surface area contributed by atoms with Crippen molar-refractivity contribution in [2.45, 2.75) is 32.2 Å². The summed E-state index contributed by atoms with van der Waals surface area (Å²) in [5.41, 5.74) is 10.1. The molecule has 0 aromatic carbocycles. The molecule has 0 aliphatic rings. The van der Waals surface area contributed by atoms with E-state index in [9.17, 15) is 14.4 Å². The van der Waals surface area contributed by atoms with Crippen molar-refractivity contribution >= 4 is 11.9 Å². The Labute approximate surface area is 114 Å². The van der Waals surface area contributed by atoms with Crippen molar-refractivity contribution in [3.8, 4) is 0 Å². The molecule has 1 aromatic heterocycles. The number of hydrogen-bond acceptors (Lipinski definition) is 6. The van der Waals surface area contributed by atoms with Crippen LogP contribution in [-0.4, -0.2) is 39.9 Å². The highest BCUT2D eigenvalue weighted by Gasteiger charge is 2.17. The van der Waals surface area contributed by atoms with E-state index in [4.69, 9.17) is 21.7 Å². The summed E-state index contributed by atoms with van der Waals surface area (Å²) >= 11 is 0. The number of aryl methyl sites for hydroxylation is 1. The van der Waals surface area contributed by atoms with Crippen LogP contribution in [0, 0.1) is 6.92 Å². The Balaban J connectivity index is 0.000000441. The molecule has 0 aliphatic heterocycles. The number of carboxylic acid groups (broad SMARTS) is 2. The van der Waals surface area contributed by atoms with Crippen molar-refractivity contribution in [2.75, 3.05) is 6.54 Å². The van der Waals surface area contributed by atoms with E-state index < -0.39 is 23.5 Å². The fourth-order valence-corrected chi connectivity index (χ4v) is 1.20. The molecule has 0 saturated carbocycles. The fourth-order valence-electron chi connectivity index (χ4n) is 1.20. The lowest BCUT2D eigenvalue weighted by atomic mass is 10.1. The van der Waals surface area contributed by atoms with Gasteiger partial charge in [0.15, 0.2) is 0 Å². The van der Waals surface area contributed by atoms with E-state index in [0.29, 0.717) is 18.7 Å². The lowest BCUT2D eigenvalue weighted by Gasteiger charge is -2.02. The minimum Gasteiger partial charge on any atom is -0.481 e. The number of carboxylic acids is 2. The summed E-state index contributed by atoms with van der Waals surface area (Å²) < 4.78 is 4.69. The van der Waals surface area contributed by atoms with Gasteiger partial charge in [0.05, 0.1) is 5.56 Å². The molecule has 9 nitrogen and oxygen atoms in total. The summed E-state index contributed by atoms with van der Waals surface area (Å²) in [6, 6.07) is -1.07. The third-order valence-corrected chi connectivity index (χ3v) is 2.33. The number of aliphatic carboxylic acids is 2. The third-order valence-electron chi connectivity index (χ3n) is 2.33. The number of rotatable bonds is 6. The molecular formula is C11H19N3O6. The number of hydrogen-bond donors (Lipinski definition) is 5. The lowest BCUT2D eigenvalue weighted by molar-refractivity contribution is -0.139. The first-order valence-corrected chi connectivity index (χ1v) is 5.86. The van der Waals surface area contributed by atoms with Gasteiger partial charge in [0.2, 0.25) is 0 Å². The van der Waals surface area contributed by atoms with Crippen LogP contribution in [0.25, 0.3) is 0 Å². The zero-order valence-corrected chi connectivity index (χ0v) is 11.1. The molecule has 1 atom stereocenters. The second kappa shape index (κ2) is 8.88. The van der Waals surface area contributed by atoms with Crippen LogP contribution in [0.2, 0.25) is 0 Å². The highest BCUT2D eigenvalue weighted by molar-refractivity contribution is 5.73. The van der Waals surface area contributed by atoms with Gasteiger partial charge in [-0.25, -0.2) is 0 Å². The minimum absolute atomic E-state index is 0.0208. The molecule has 1 unspecified atom stereocenters. The minimum atomic E-state index is -1.14. The van der Waals surface area contributed by atoms with Crippen LogP contribution in [0.1, 0.15) is 24.2 Å². The molecule has 1 aromatic rings.